The maximum atomic E-state index is 12.1. The summed E-state index contributed by atoms with van der Waals surface area (Å²) in [5.41, 5.74) is 0.0166. The lowest BCUT2D eigenvalue weighted by Crippen LogP contribution is -2.43. The maximum Gasteiger partial charge on any atom is 0.342 e. The third-order valence-corrected chi connectivity index (χ3v) is 3.80. The van der Waals surface area contributed by atoms with Crippen LogP contribution in [0.15, 0.2) is 0 Å². The van der Waals surface area contributed by atoms with Crippen molar-refractivity contribution in [3.8, 4) is 0 Å². The first kappa shape index (κ1) is 23.3. The van der Waals surface area contributed by atoms with Crippen molar-refractivity contribution in [3.05, 3.63) is 0 Å². The summed E-state index contributed by atoms with van der Waals surface area (Å²) in [6.07, 6.45) is 0.277. The Balaban J connectivity index is 2.07. The van der Waals surface area contributed by atoms with Crippen LogP contribution >= 0.6 is 0 Å². The summed E-state index contributed by atoms with van der Waals surface area (Å²) in [5, 5.41) is 11.9. The highest BCUT2D eigenvalue weighted by Gasteiger charge is 2.32. The lowest BCUT2D eigenvalue weighted by Gasteiger charge is -2.20. The molecule has 1 aliphatic rings. The highest BCUT2D eigenvalue weighted by atomic mass is 16.6. The summed E-state index contributed by atoms with van der Waals surface area (Å²) in [4.78, 5) is 36.4. The van der Waals surface area contributed by atoms with Crippen LogP contribution in [0.4, 0.5) is 0 Å². The molecule has 1 saturated heterocycles. The van der Waals surface area contributed by atoms with Crippen molar-refractivity contribution < 1.29 is 33.7 Å². The van der Waals surface area contributed by atoms with Crippen molar-refractivity contribution in [3.63, 3.8) is 0 Å². The predicted molar refractivity (Wildman–Crippen MR) is 97.3 cm³/mol. The van der Waals surface area contributed by atoms with E-state index in [9.17, 15) is 14.4 Å². The smallest absolute Gasteiger partial charge is 0.342 e. The average molecular weight is 388 g/mol. The summed E-state index contributed by atoms with van der Waals surface area (Å²) in [6, 6.07) is 0. The van der Waals surface area contributed by atoms with E-state index >= 15 is 0 Å². The SMILES string of the molecule is CC(C)(C)CNC(=O)COCCOCCOC(C(=O)O)C(=O)N1CCCC1. The quantitative estimate of drug-likeness (QED) is 0.364. The Labute approximate surface area is 160 Å². The van der Waals surface area contributed by atoms with Gasteiger partial charge in [0.05, 0.1) is 26.4 Å². The number of carboxylic acids is 1. The Morgan fingerprint density at radius 3 is 2.22 bits per heavy atom. The molecular weight excluding hydrogens is 356 g/mol. The molecule has 1 unspecified atom stereocenters. The highest BCUT2D eigenvalue weighted by Crippen LogP contribution is 2.11. The first-order valence-corrected chi connectivity index (χ1v) is 9.26. The van der Waals surface area contributed by atoms with E-state index in [1.54, 1.807) is 0 Å². The van der Waals surface area contributed by atoms with Gasteiger partial charge < -0.3 is 29.5 Å². The van der Waals surface area contributed by atoms with Crippen LogP contribution < -0.4 is 5.32 Å². The summed E-state index contributed by atoms with van der Waals surface area (Å²) in [7, 11) is 0. The van der Waals surface area contributed by atoms with Crippen LogP contribution in [-0.2, 0) is 28.6 Å². The molecule has 2 amide bonds. The predicted octanol–water partition coefficient (Wildman–Crippen LogP) is 0.274. The zero-order chi connectivity index (χ0) is 20.3. The van der Waals surface area contributed by atoms with Gasteiger partial charge in [0.15, 0.2) is 0 Å². The second kappa shape index (κ2) is 11.9. The molecule has 27 heavy (non-hydrogen) atoms. The molecule has 0 spiro atoms. The minimum Gasteiger partial charge on any atom is -0.479 e. The second-order valence-corrected chi connectivity index (χ2v) is 7.62. The molecule has 1 fully saturated rings. The van der Waals surface area contributed by atoms with E-state index in [4.69, 9.17) is 19.3 Å². The van der Waals surface area contributed by atoms with Gasteiger partial charge >= 0.3 is 5.97 Å². The fraction of sp³-hybridized carbons (Fsp3) is 0.833. The summed E-state index contributed by atoms with van der Waals surface area (Å²) < 4.78 is 15.6. The molecule has 0 aromatic rings. The van der Waals surface area contributed by atoms with Gasteiger partial charge in [0.1, 0.15) is 6.61 Å². The number of carbonyl (C=O) groups is 3. The fourth-order valence-corrected chi connectivity index (χ4v) is 2.38. The van der Waals surface area contributed by atoms with Crippen molar-refractivity contribution in [1.29, 1.82) is 0 Å². The monoisotopic (exact) mass is 388 g/mol. The number of aliphatic carboxylic acids is 1. The van der Waals surface area contributed by atoms with Gasteiger partial charge in [0, 0.05) is 19.6 Å². The van der Waals surface area contributed by atoms with Gasteiger partial charge in [0.25, 0.3) is 5.91 Å². The first-order chi connectivity index (χ1) is 12.7. The van der Waals surface area contributed by atoms with Gasteiger partial charge in [-0.05, 0) is 18.3 Å². The normalized spacial score (nSPS) is 15.6. The Bertz CT molecular complexity index is 485. The molecule has 0 aliphatic carbocycles. The molecule has 0 saturated carbocycles. The summed E-state index contributed by atoms with van der Waals surface area (Å²) in [5.74, 6) is -1.99. The molecular formula is C18H32N2O7. The maximum absolute atomic E-state index is 12.1. The number of hydrogen-bond donors (Lipinski definition) is 2. The zero-order valence-electron chi connectivity index (χ0n) is 16.5. The van der Waals surface area contributed by atoms with Crippen LogP contribution in [-0.4, -0.2) is 86.6 Å². The number of nitrogens with one attached hydrogen (secondary N) is 1. The van der Waals surface area contributed by atoms with Gasteiger partial charge in [-0.2, -0.15) is 0 Å². The van der Waals surface area contributed by atoms with E-state index in [2.05, 4.69) is 5.32 Å². The molecule has 1 rings (SSSR count). The van der Waals surface area contributed by atoms with Gasteiger partial charge in [0.2, 0.25) is 12.0 Å². The summed E-state index contributed by atoms with van der Waals surface area (Å²) >= 11 is 0. The molecule has 9 heteroatoms. The molecule has 1 heterocycles. The first-order valence-electron chi connectivity index (χ1n) is 9.26. The average Bonchev–Trinajstić information content (AvgIpc) is 3.11. The number of rotatable bonds is 12. The zero-order valence-corrected chi connectivity index (χ0v) is 16.5. The van der Waals surface area contributed by atoms with E-state index in [1.165, 1.54) is 4.90 Å². The fourth-order valence-electron chi connectivity index (χ4n) is 2.38. The van der Waals surface area contributed by atoms with Crippen LogP contribution in [0.5, 0.6) is 0 Å². The van der Waals surface area contributed by atoms with E-state index < -0.39 is 18.0 Å². The van der Waals surface area contributed by atoms with E-state index in [-0.39, 0.29) is 44.4 Å². The third-order valence-electron chi connectivity index (χ3n) is 3.80. The van der Waals surface area contributed by atoms with Gasteiger partial charge in [-0.3, -0.25) is 9.59 Å². The number of carbonyl (C=O) groups excluding carboxylic acids is 2. The Hall–Kier alpha value is -1.71. The minimum absolute atomic E-state index is 0.0113. The van der Waals surface area contributed by atoms with Gasteiger partial charge in [-0.15, -0.1) is 0 Å². The minimum atomic E-state index is -1.49. The van der Waals surface area contributed by atoms with Gasteiger partial charge in [-0.1, -0.05) is 20.8 Å². The topological polar surface area (TPSA) is 114 Å². The van der Waals surface area contributed by atoms with Crippen LogP contribution in [0.1, 0.15) is 33.6 Å². The molecule has 1 aliphatic heterocycles. The van der Waals surface area contributed by atoms with Crippen molar-refractivity contribution in [1.82, 2.24) is 10.2 Å². The second-order valence-electron chi connectivity index (χ2n) is 7.62. The molecule has 1 atom stereocenters. The molecule has 0 aromatic heterocycles. The molecule has 0 radical (unpaired) electrons. The molecule has 9 nitrogen and oxygen atoms in total. The molecule has 156 valence electrons. The van der Waals surface area contributed by atoms with Crippen molar-refractivity contribution in [2.24, 2.45) is 5.41 Å². The molecule has 2 N–H and O–H groups in total. The summed E-state index contributed by atoms with van der Waals surface area (Å²) in [6.45, 7) is 8.36. The number of ether oxygens (including phenoxy) is 3. The van der Waals surface area contributed by atoms with Crippen molar-refractivity contribution in [2.45, 2.75) is 39.7 Å². The lowest BCUT2D eigenvalue weighted by molar-refractivity contribution is -0.162. The van der Waals surface area contributed by atoms with Crippen LogP contribution in [0.2, 0.25) is 0 Å². The third kappa shape index (κ3) is 10.3. The number of carboxylic acid groups (broad SMARTS) is 1. The Kier molecular flexibility index (Phi) is 10.3. The van der Waals surface area contributed by atoms with E-state index in [1.807, 2.05) is 20.8 Å². The standard InChI is InChI=1S/C18H32N2O7/c1-18(2,3)13-19-14(21)12-26-9-8-25-10-11-27-15(17(23)24)16(22)20-6-4-5-7-20/h15H,4-13H2,1-3H3,(H,19,21)(H,23,24). The molecule has 0 bridgehead atoms. The van der Waals surface area contributed by atoms with Crippen LogP contribution in [0.25, 0.3) is 0 Å². The number of amides is 2. The Morgan fingerprint density at radius 2 is 1.63 bits per heavy atom. The van der Waals surface area contributed by atoms with E-state index in [0.717, 1.165) is 12.8 Å². The number of hydrogen-bond acceptors (Lipinski definition) is 6. The number of nitrogens with zero attached hydrogens (tertiary/aromatic N) is 1. The molecule has 0 aromatic carbocycles. The van der Waals surface area contributed by atoms with Crippen molar-refractivity contribution in [2.75, 3.05) is 52.7 Å². The van der Waals surface area contributed by atoms with E-state index in [0.29, 0.717) is 19.6 Å². The lowest BCUT2D eigenvalue weighted by atomic mass is 9.97. The van der Waals surface area contributed by atoms with Gasteiger partial charge in [-0.25, -0.2) is 4.79 Å². The Morgan fingerprint density at radius 1 is 1.04 bits per heavy atom. The van der Waals surface area contributed by atoms with Crippen LogP contribution in [0, 0.1) is 5.41 Å². The highest BCUT2D eigenvalue weighted by molar-refractivity contribution is 6.00. The number of likely N-dealkylation sites (tertiary alicyclic amines) is 1. The van der Waals surface area contributed by atoms with Crippen molar-refractivity contribution >= 4 is 17.8 Å². The largest absolute Gasteiger partial charge is 0.479 e. The van der Waals surface area contributed by atoms with Crippen LogP contribution in [0.3, 0.4) is 0 Å².